The molecular weight excluding hydrogens is 272 g/mol. The van der Waals surface area contributed by atoms with E-state index in [9.17, 15) is 4.79 Å². The van der Waals surface area contributed by atoms with Crippen molar-refractivity contribution in [3.05, 3.63) is 45.6 Å². The van der Waals surface area contributed by atoms with Gasteiger partial charge in [0.2, 0.25) is 0 Å². The van der Waals surface area contributed by atoms with Crippen molar-refractivity contribution in [3.8, 4) is 11.5 Å². The molecule has 4 heteroatoms. The number of aryl methyl sites for hydroxylation is 1. The van der Waals surface area contributed by atoms with E-state index in [1.807, 2.05) is 23.6 Å². The zero-order valence-electron chi connectivity index (χ0n) is 11.3. The Morgan fingerprint density at radius 3 is 3.15 bits per heavy atom. The van der Waals surface area contributed by atoms with Crippen molar-refractivity contribution in [3.63, 3.8) is 0 Å². The molecular formula is C16H16O3S. The molecule has 1 aromatic carbocycles. The van der Waals surface area contributed by atoms with Crippen LogP contribution in [0.4, 0.5) is 0 Å². The number of carbonyl (C=O) groups excluding carboxylic acids is 1. The fourth-order valence-corrected chi connectivity index (χ4v) is 3.26. The second kappa shape index (κ2) is 5.67. The van der Waals surface area contributed by atoms with E-state index >= 15 is 0 Å². The van der Waals surface area contributed by atoms with E-state index < -0.39 is 0 Å². The Kier molecular flexibility index (Phi) is 3.74. The second-order valence-electron chi connectivity index (χ2n) is 4.78. The number of rotatable bonds is 5. The molecule has 0 saturated heterocycles. The van der Waals surface area contributed by atoms with Gasteiger partial charge in [0.1, 0.15) is 16.4 Å². The maximum atomic E-state index is 12.2. The molecule has 0 saturated carbocycles. The van der Waals surface area contributed by atoms with Crippen molar-refractivity contribution in [2.75, 3.05) is 13.7 Å². The predicted octanol–water partition coefficient (Wildman–Crippen LogP) is 3.51. The highest BCUT2D eigenvalue weighted by Gasteiger charge is 2.15. The lowest BCUT2D eigenvalue weighted by Crippen LogP contribution is -2.01. The van der Waals surface area contributed by atoms with Crippen LogP contribution in [-0.2, 0) is 12.8 Å². The predicted molar refractivity (Wildman–Crippen MR) is 79.2 cm³/mol. The number of carbonyl (C=O) groups is 1. The largest absolute Gasteiger partial charge is 0.495 e. The van der Waals surface area contributed by atoms with Crippen LogP contribution in [0.25, 0.3) is 0 Å². The van der Waals surface area contributed by atoms with E-state index in [-0.39, 0.29) is 5.78 Å². The quantitative estimate of drug-likeness (QED) is 0.790. The minimum Gasteiger partial charge on any atom is -0.495 e. The Morgan fingerprint density at radius 1 is 1.40 bits per heavy atom. The van der Waals surface area contributed by atoms with E-state index in [2.05, 4.69) is 6.07 Å². The van der Waals surface area contributed by atoms with E-state index in [0.29, 0.717) is 12.2 Å². The lowest BCUT2D eigenvalue weighted by atomic mass is 10.0. The summed E-state index contributed by atoms with van der Waals surface area (Å²) >= 11 is 1.44. The number of hydrogen-bond donors (Lipinski definition) is 0. The molecule has 0 fully saturated rings. The van der Waals surface area contributed by atoms with Crippen LogP contribution >= 0.6 is 11.3 Å². The van der Waals surface area contributed by atoms with E-state index in [0.717, 1.165) is 30.1 Å². The van der Waals surface area contributed by atoms with Gasteiger partial charge in [-0.2, -0.15) is 0 Å². The first-order chi connectivity index (χ1) is 9.78. The third-order valence-corrected chi connectivity index (χ3v) is 4.43. The molecule has 3 nitrogen and oxygen atoms in total. The summed E-state index contributed by atoms with van der Waals surface area (Å²) in [6.07, 6.45) is 2.24. The summed E-state index contributed by atoms with van der Waals surface area (Å²) in [6.45, 7) is 0.768. The van der Waals surface area contributed by atoms with Gasteiger partial charge in [-0.3, -0.25) is 4.79 Å². The van der Waals surface area contributed by atoms with Gasteiger partial charge in [0.25, 0.3) is 0 Å². The molecule has 1 aromatic heterocycles. The number of hydrogen-bond acceptors (Lipinski definition) is 4. The van der Waals surface area contributed by atoms with Crippen molar-refractivity contribution in [1.29, 1.82) is 0 Å². The topological polar surface area (TPSA) is 35.5 Å². The zero-order chi connectivity index (χ0) is 13.9. The maximum absolute atomic E-state index is 12.2. The van der Waals surface area contributed by atoms with Crippen molar-refractivity contribution < 1.29 is 14.3 Å². The molecule has 0 amide bonds. The molecule has 20 heavy (non-hydrogen) atoms. The third kappa shape index (κ3) is 2.56. The van der Waals surface area contributed by atoms with Crippen LogP contribution in [0, 0.1) is 0 Å². The lowest BCUT2D eigenvalue weighted by Gasteiger charge is -2.04. The minimum atomic E-state index is 0.147. The Morgan fingerprint density at radius 2 is 2.30 bits per heavy atom. The fraction of sp³-hybridized carbons (Fsp3) is 0.312. The Balaban J connectivity index is 1.66. The summed E-state index contributed by atoms with van der Waals surface area (Å²) in [4.78, 5) is 12.9. The van der Waals surface area contributed by atoms with Gasteiger partial charge in [-0.15, -0.1) is 11.3 Å². The summed E-state index contributed by atoms with van der Waals surface area (Å²) in [5.74, 6) is 1.82. The van der Waals surface area contributed by atoms with Gasteiger partial charge in [-0.05, 0) is 35.1 Å². The maximum Gasteiger partial charge on any atom is 0.176 e. The lowest BCUT2D eigenvalue weighted by molar-refractivity contribution is 0.0984. The summed E-state index contributed by atoms with van der Waals surface area (Å²) in [5, 5.41) is 1.89. The van der Waals surface area contributed by atoms with Crippen LogP contribution in [0.1, 0.15) is 27.2 Å². The Hall–Kier alpha value is -1.81. The van der Waals surface area contributed by atoms with Crippen molar-refractivity contribution >= 4 is 17.1 Å². The number of ether oxygens (including phenoxy) is 2. The van der Waals surface area contributed by atoms with Crippen molar-refractivity contribution in [2.24, 2.45) is 0 Å². The van der Waals surface area contributed by atoms with Gasteiger partial charge in [-0.1, -0.05) is 12.1 Å². The molecule has 104 valence electrons. The molecule has 0 unspecified atom stereocenters. The molecule has 0 spiro atoms. The summed E-state index contributed by atoms with van der Waals surface area (Å²) < 4.78 is 10.7. The van der Waals surface area contributed by atoms with Crippen LogP contribution < -0.4 is 9.47 Å². The molecule has 0 N–H and O–H groups in total. The molecule has 0 aliphatic carbocycles. The Bertz CT molecular complexity index is 630. The van der Waals surface area contributed by atoms with Crippen LogP contribution in [0.3, 0.4) is 0 Å². The summed E-state index contributed by atoms with van der Waals surface area (Å²) in [5.41, 5.74) is 2.45. The van der Waals surface area contributed by atoms with Crippen LogP contribution in [-0.4, -0.2) is 19.5 Å². The number of fused-ring (bicyclic) bond motifs is 1. The average molecular weight is 288 g/mol. The van der Waals surface area contributed by atoms with E-state index in [4.69, 9.17) is 9.47 Å². The Labute approximate surface area is 122 Å². The fourth-order valence-electron chi connectivity index (χ4n) is 2.43. The highest BCUT2D eigenvalue weighted by atomic mass is 32.1. The van der Waals surface area contributed by atoms with Gasteiger partial charge in [0.15, 0.2) is 5.78 Å². The molecule has 0 radical (unpaired) electrons. The van der Waals surface area contributed by atoms with Crippen LogP contribution in [0.15, 0.2) is 29.6 Å². The van der Waals surface area contributed by atoms with Crippen molar-refractivity contribution in [1.82, 2.24) is 0 Å². The van der Waals surface area contributed by atoms with Gasteiger partial charge in [0.05, 0.1) is 13.7 Å². The molecule has 2 aromatic rings. The molecule has 3 rings (SSSR count). The molecule has 1 aliphatic heterocycles. The van der Waals surface area contributed by atoms with Gasteiger partial charge in [-0.25, -0.2) is 0 Å². The van der Waals surface area contributed by atoms with Gasteiger partial charge in [0, 0.05) is 12.8 Å². The average Bonchev–Trinajstić information content (AvgIpc) is 3.12. The standard InChI is InChI=1S/C16H16O3S/c1-18-15-7-9-20-16(15)13(17)4-2-11-3-5-14-12(10-11)6-8-19-14/h3,5,7,9-10H,2,4,6,8H2,1H3. The molecule has 0 atom stereocenters. The number of Topliss-reactive ketones (excluding diaryl/α,β-unsaturated/α-hetero) is 1. The first-order valence-corrected chi connectivity index (χ1v) is 7.55. The number of benzene rings is 1. The SMILES string of the molecule is COc1ccsc1C(=O)CCc1ccc2c(c1)CCO2. The van der Waals surface area contributed by atoms with Gasteiger partial charge < -0.3 is 9.47 Å². The molecule has 2 heterocycles. The second-order valence-corrected chi connectivity index (χ2v) is 5.70. The molecule has 0 bridgehead atoms. The highest BCUT2D eigenvalue weighted by Crippen LogP contribution is 2.28. The van der Waals surface area contributed by atoms with Crippen LogP contribution in [0.5, 0.6) is 11.5 Å². The number of thiophene rings is 1. The zero-order valence-corrected chi connectivity index (χ0v) is 12.2. The minimum absolute atomic E-state index is 0.147. The number of ketones is 1. The smallest absolute Gasteiger partial charge is 0.176 e. The first-order valence-electron chi connectivity index (χ1n) is 6.67. The van der Waals surface area contributed by atoms with E-state index in [1.165, 1.54) is 22.5 Å². The first kappa shape index (κ1) is 13.2. The summed E-state index contributed by atoms with van der Waals surface area (Å²) in [6, 6.07) is 8.04. The van der Waals surface area contributed by atoms with Gasteiger partial charge >= 0.3 is 0 Å². The van der Waals surface area contributed by atoms with Crippen molar-refractivity contribution in [2.45, 2.75) is 19.3 Å². The monoisotopic (exact) mass is 288 g/mol. The summed E-state index contributed by atoms with van der Waals surface area (Å²) in [7, 11) is 1.60. The van der Waals surface area contributed by atoms with E-state index in [1.54, 1.807) is 7.11 Å². The molecule has 1 aliphatic rings. The highest BCUT2D eigenvalue weighted by molar-refractivity contribution is 7.12. The normalized spacial score (nSPS) is 12.8. The van der Waals surface area contributed by atoms with Crippen LogP contribution in [0.2, 0.25) is 0 Å². The number of methoxy groups -OCH3 is 1. The third-order valence-electron chi connectivity index (χ3n) is 3.50.